The van der Waals surface area contributed by atoms with E-state index in [1.165, 1.54) is 0 Å². The summed E-state index contributed by atoms with van der Waals surface area (Å²) in [5.74, 6) is 0.403. The summed E-state index contributed by atoms with van der Waals surface area (Å²) in [6.07, 6.45) is 6.28. The molecule has 94 valence electrons. The molecule has 1 atom stereocenters. The van der Waals surface area contributed by atoms with Gasteiger partial charge in [-0.2, -0.15) is 0 Å². The van der Waals surface area contributed by atoms with E-state index in [-0.39, 0.29) is 11.4 Å². The Hall–Kier alpha value is -0.570. The summed E-state index contributed by atoms with van der Waals surface area (Å²) >= 11 is 0. The van der Waals surface area contributed by atoms with Crippen molar-refractivity contribution in [2.24, 2.45) is 17.1 Å². The molecule has 0 bridgehead atoms. The van der Waals surface area contributed by atoms with Gasteiger partial charge in [-0.25, -0.2) is 0 Å². The average Bonchev–Trinajstić information content (AvgIpc) is 2.76. The Labute approximate surface area is 98.7 Å². The molecule has 1 aliphatic carbocycles. The lowest BCUT2D eigenvalue weighted by atomic mass is 9.86. The number of rotatable bonds is 6. The van der Waals surface area contributed by atoms with E-state index < -0.39 is 0 Å². The standard InChI is InChI=1S/C13H25NO2/c1-3-6-11(2)9-16-12(15)13(10-14)7-4-5-8-13/h11H,3-10,14H2,1-2H3. The molecule has 1 unspecified atom stereocenters. The maximum Gasteiger partial charge on any atom is 0.313 e. The first-order valence-corrected chi connectivity index (χ1v) is 6.52. The molecule has 0 radical (unpaired) electrons. The number of hydrogen-bond acceptors (Lipinski definition) is 3. The normalized spacial score (nSPS) is 20.7. The van der Waals surface area contributed by atoms with Gasteiger partial charge in [0.05, 0.1) is 12.0 Å². The number of nitrogens with two attached hydrogens (primary N) is 1. The van der Waals surface area contributed by atoms with Crippen molar-refractivity contribution in [2.75, 3.05) is 13.2 Å². The number of hydrogen-bond donors (Lipinski definition) is 1. The SMILES string of the molecule is CCCC(C)COC(=O)C1(CN)CCCC1. The number of carbonyl (C=O) groups is 1. The molecule has 1 aliphatic rings. The van der Waals surface area contributed by atoms with E-state index in [0.29, 0.717) is 19.1 Å². The molecule has 2 N–H and O–H groups in total. The van der Waals surface area contributed by atoms with Crippen molar-refractivity contribution >= 4 is 5.97 Å². The van der Waals surface area contributed by atoms with Crippen molar-refractivity contribution in [2.45, 2.75) is 52.4 Å². The van der Waals surface area contributed by atoms with E-state index in [4.69, 9.17) is 10.5 Å². The Morgan fingerprint density at radius 3 is 2.56 bits per heavy atom. The van der Waals surface area contributed by atoms with E-state index in [0.717, 1.165) is 38.5 Å². The third-order valence-corrected chi connectivity index (χ3v) is 3.66. The van der Waals surface area contributed by atoms with Gasteiger partial charge in [0.25, 0.3) is 0 Å². The van der Waals surface area contributed by atoms with Crippen molar-refractivity contribution in [3.05, 3.63) is 0 Å². The fraction of sp³-hybridized carbons (Fsp3) is 0.923. The maximum atomic E-state index is 12.0. The van der Waals surface area contributed by atoms with Crippen LogP contribution in [0.5, 0.6) is 0 Å². The molecule has 16 heavy (non-hydrogen) atoms. The first-order chi connectivity index (χ1) is 7.64. The summed E-state index contributed by atoms with van der Waals surface area (Å²) in [6, 6.07) is 0. The third kappa shape index (κ3) is 3.21. The van der Waals surface area contributed by atoms with Crippen LogP contribution in [0.25, 0.3) is 0 Å². The Kier molecular flexibility index (Phi) is 5.26. The van der Waals surface area contributed by atoms with Crippen LogP contribution in [0.15, 0.2) is 0 Å². The summed E-state index contributed by atoms with van der Waals surface area (Å²) in [4.78, 5) is 12.0. The summed E-state index contributed by atoms with van der Waals surface area (Å²) < 4.78 is 5.42. The van der Waals surface area contributed by atoms with Crippen LogP contribution < -0.4 is 5.73 Å². The third-order valence-electron chi connectivity index (χ3n) is 3.66. The van der Waals surface area contributed by atoms with Crippen LogP contribution in [0.4, 0.5) is 0 Å². The lowest BCUT2D eigenvalue weighted by molar-refractivity contribution is -0.156. The Morgan fingerprint density at radius 1 is 1.44 bits per heavy atom. The molecule has 1 saturated carbocycles. The monoisotopic (exact) mass is 227 g/mol. The maximum absolute atomic E-state index is 12.0. The highest BCUT2D eigenvalue weighted by molar-refractivity contribution is 5.77. The highest BCUT2D eigenvalue weighted by Crippen LogP contribution is 2.38. The fourth-order valence-corrected chi connectivity index (χ4v) is 2.49. The number of esters is 1. The summed E-state index contributed by atoms with van der Waals surface area (Å²) in [5.41, 5.74) is 5.38. The van der Waals surface area contributed by atoms with E-state index in [1.807, 2.05) is 0 Å². The van der Waals surface area contributed by atoms with Gasteiger partial charge in [-0.15, -0.1) is 0 Å². The summed E-state index contributed by atoms with van der Waals surface area (Å²) in [6.45, 7) is 5.26. The topological polar surface area (TPSA) is 52.3 Å². The van der Waals surface area contributed by atoms with Gasteiger partial charge in [0.2, 0.25) is 0 Å². The van der Waals surface area contributed by atoms with Gasteiger partial charge in [-0.1, -0.05) is 33.1 Å². The van der Waals surface area contributed by atoms with Crippen LogP contribution in [-0.2, 0) is 9.53 Å². The second-order valence-corrected chi connectivity index (χ2v) is 5.18. The Morgan fingerprint density at radius 2 is 2.06 bits per heavy atom. The van der Waals surface area contributed by atoms with Crippen molar-refractivity contribution in [1.29, 1.82) is 0 Å². The Balaban J connectivity index is 2.38. The summed E-state index contributed by atoms with van der Waals surface area (Å²) in [7, 11) is 0. The van der Waals surface area contributed by atoms with Gasteiger partial charge in [0.15, 0.2) is 0 Å². The lowest BCUT2D eigenvalue weighted by Gasteiger charge is -2.25. The Bertz CT molecular complexity index is 222. The van der Waals surface area contributed by atoms with E-state index in [9.17, 15) is 4.79 Å². The van der Waals surface area contributed by atoms with E-state index >= 15 is 0 Å². The molecule has 0 aliphatic heterocycles. The van der Waals surface area contributed by atoms with E-state index in [2.05, 4.69) is 13.8 Å². The molecule has 3 nitrogen and oxygen atoms in total. The van der Waals surface area contributed by atoms with E-state index in [1.54, 1.807) is 0 Å². The minimum Gasteiger partial charge on any atom is -0.465 e. The molecule has 1 rings (SSSR count). The van der Waals surface area contributed by atoms with Gasteiger partial charge in [0.1, 0.15) is 0 Å². The molecule has 0 amide bonds. The van der Waals surface area contributed by atoms with Crippen molar-refractivity contribution in [3.8, 4) is 0 Å². The van der Waals surface area contributed by atoms with Gasteiger partial charge < -0.3 is 10.5 Å². The molecule has 0 saturated heterocycles. The zero-order valence-corrected chi connectivity index (χ0v) is 10.6. The van der Waals surface area contributed by atoms with Crippen molar-refractivity contribution in [3.63, 3.8) is 0 Å². The highest BCUT2D eigenvalue weighted by atomic mass is 16.5. The lowest BCUT2D eigenvalue weighted by Crippen LogP contribution is -2.38. The number of carbonyl (C=O) groups excluding carboxylic acids is 1. The van der Waals surface area contributed by atoms with Gasteiger partial charge in [-0.05, 0) is 25.2 Å². The zero-order valence-electron chi connectivity index (χ0n) is 10.6. The molecule has 0 aromatic heterocycles. The highest BCUT2D eigenvalue weighted by Gasteiger charge is 2.41. The summed E-state index contributed by atoms with van der Waals surface area (Å²) in [5, 5.41) is 0. The van der Waals surface area contributed by atoms with Crippen LogP contribution in [-0.4, -0.2) is 19.1 Å². The van der Waals surface area contributed by atoms with Crippen molar-refractivity contribution in [1.82, 2.24) is 0 Å². The second kappa shape index (κ2) is 6.24. The van der Waals surface area contributed by atoms with Crippen LogP contribution in [0, 0.1) is 11.3 Å². The first-order valence-electron chi connectivity index (χ1n) is 6.52. The quantitative estimate of drug-likeness (QED) is 0.709. The first kappa shape index (κ1) is 13.5. The van der Waals surface area contributed by atoms with Crippen LogP contribution in [0.3, 0.4) is 0 Å². The van der Waals surface area contributed by atoms with Crippen LogP contribution >= 0.6 is 0 Å². The van der Waals surface area contributed by atoms with Gasteiger partial charge >= 0.3 is 5.97 Å². The molecule has 3 heteroatoms. The fourth-order valence-electron chi connectivity index (χ4n) is 2.49. The molecule has 0 aromatic rings. The van der Waals surface area contributed by atoms with Gasteiger partial charge in [0, 0.05) is 6.54 Å². The van der Waals surface area contributed by atoms with Crippen molar-refractivity contribution < 1.29 is 9.53 Å². The molecular formula is C13H25NO2. The van der Waals surface area contributed by atoms with Crippen LogP contribution in [0.1, 0.15) is 52.4 Å². The molecule has 0 aromatic carbocycles. The molecule has 0 heterocycles. The molecule has 0 spiro atoms. The predicted molar refractivity (Wildman–Crippen MR) is 65.0 cm³/mol. The average molecular weight is 227 g/mol. The minimum atomic E-state index is -0.355. The van der Waals surface area contributed by atoms with Gasteiger partial charge in [-0.3, -0.25) is 4.79 Å². The molecule has 1 fully saturated rings. The smallest absolute Gasteiger partial charge is 0.313 e. The predicted octanol–water partition coefficient (Wildman–Crippen LogP) is 2.48. The minimum absolute atomic E-state index is 0.0598. The van der Waals surface area contributed by atoms with Crippen LogP contribution in [0.2, 0.25) is 0 Å². The zero-order chi connectivity index (χ0) is 12.0. The second-order valence-electron chi connectivity index (χ2n) is 5.18. The molecular weight excluding hydrogens is 202 g/mol. The number of ether oxygens (including phenoxy) is 1. The largest absolute Gasteiger partial charge is 0.465 e.